The quantitative estimate of drug-likeness (QED) is 0.828. The van der Waals surface area contributed by atoms with Gasteiger partial charge in [-0.05, 0) is 44.4 Å². The Morgan fingerprint density at radius 2 is 1.89 bits per heavy atom. The second-order valence-corrected chi connectivity index (χ2v) is 7.75. The van der Waals surface area contributed by atoms with Gasteiger partial charge < -0.3 is 5.32 Å². The summed E-state index contributed by atoms with van der Waals surface area (Å²) in [6.45, 7) is 11.1. The maximum atomic E-state index is 3.97. The van der Waals surface area contributed by atoms with Gasteiger partial charge in [-0.25, -0.2) is 0 Å². The Morgan fingerprint density at radius 1 is 1.22 bits per heavy atom. The molecule has 2 aliphatic carbocycles. The molecule has 1 spiro atoms. The highest BCUT2D eigenvalue weighted by atomic mass is 15.3. The van der Waals surface area contributed by atoms with E-state index >= 15 is 0 Å². The van der Waals surface area contributed by atoms with E-state index in [1.54, 1.807) is 0 Å². The van der Waals surface area contributed by atoms with Crippen molar-refractivity contribution in [1.29, 1.82) is 0 Å². The second-order valence-electron chi connectivity index (χ2n) is 7.75. The van der Waals surface area contributed by atoms with Crippen LogP contribution in [0.4, 0.5) is 0 Å². The van der Waals surface area contributed by atoms with E-state index in [1.807, 2.05) is 0 Å². The SMILES string of the molecule is CC(C)CN1CC2(CCCC2)NCC1(C)C1CC1. The van der Waals surface area contributed by atoms with Crippen LogP contribution in [0, 0.1) is 11.8 Å². The van der Waals surface area contributed by atoms with Gasteiger partial charge in [0.05, 0.1) is 0 Å². The number of rotatable bonds is 3. The van der Waals surface area contributed by atoms with Gasteiger partial charge in [-0.3, -0.25) is 4.90 Å². The summed E-state index contributed by atoms with van der Waals surface area (Å²) in [6.07, 6.45) is 8.59. The normalized spacial score (nSPS) is 36.7. The van der Waals surface area contributed by atoms with Gasteiger partial charge in [0.2, 0.25) is 0 Å². The van der Waals surface area contributed by atoms with Gasteiger partial charge in [0.1, 0.15) is 0 Å². The third-order valence-electron chi connectivity index (χ3n) is 5.64. The van der Waals surface area contributed by atoms with Crippen LogP contribution in [0.3, 0.4) is 0 Å². The fraction of sp³-hybridized carbons (Fsp3) is 1.00. The van der Waals surface area contributed by atoms with Gasteiger partial charge in [0.25, 0.3) is 0 Å². The molecule has 104 valence electrons. The van der Waals surface area contributed by atoms with E-state index in [1.165, 1.54) is 58.2 Å². The molecule has 3 fully saturated rings. The van der Waals surface area contributed by atoms with Crippen molar-refractivity contribution in [1.82, 2.24) is 10.2 Å². The zero-order valence-electron chi connectivity index (χ0n) is 12.5. The maximum absolute atomic E-state index is 3.97. The fourth-order valence-electron chi connectivity index (χ4n) is 4.29. The van der Waals surface area contributed by atoms with Crippen molar-refractivity contribution < 1.29 is 0 Å². The van der Waals surface area contributed by atoms with E-state index < -0.39 is 0 Å². The van der Waals surface area contributed by atoms with Crippen LogP contribution in [0.5, 0.6) is 0 Å². The molecule has 1 heterocycles. The van der Waals surface area contributed by atoms with Crippen LogP contribution in [0.1, 0.15) is 59.3 Å². The molecule has 0 bridgehead atoms. The highest BCUT2D eigenvalue weighted by Gasteiger charge is 2.52. The summed E-state index contributed by atoms with van der Waals surface area (Å²) < 4.78 is 0. The summed E-state index contributed by atoms with van der Waals surface area (Å²) in [5.74, 6) is 1.75. The Kier molecular flexibility index (Phi) is 3.22. The molecule has 2 nitrogen and oxygen atoms in total. The molecule has 1 saturated heterocycles. The predicted molar refractivity (Wildman–Crippen MR) is 76.7 cm³/mol. The van der Waals surface area contributed by atoms with Crippen LogP contribution >= 0.6 is 0 Å². The van der Waals surface area contributed by atoms with Crippen molar-refractivity contribution in [3.63, 3.8) is 0 Å². The molecule has 2 saturated carbocycles. The topological polar surface area (TPSA) is 15.3 Å². The number of hydrogen-bond acceptors (Lipinski definition) is 2. The highest BCUT2D eigenvalue weighted by molar-refractivity contribution is 5.10. The summed E-state index contributed by atoms with van der Waals surface area (Å²) >= 11 is 0. The Hall–Kier alpha value is -0.0800. The first-order chi connectivity index (χ1) is 8.54. The smallest absolute Gasteiger partial charge is 0.0335 e. The average molecular weight is 250 g/mol. The van der Waals surface area contributed by atoms with Crippen molar-refractivity contribution in [2.75, 3.05) is 19.6 Å². The average Bonchev–Trinajstić information content (AvgIpc) is 3.07. The maximum Gasteiger partial charge on any atom is 0.0335 e. The van der Waals surface area contributed by atoms with Crippen molar-refractivity contribution in [2.24, 2.45) is 11.8 Å². The van der Waals surface area contributed by atoms with Gasteiger partial charge in [-0.1, -0.05) is 26.7 Å². The molecule has 3 rings (SSSR count). The van der Waals surface area contributed by atoms with Crippen molar-refractivity contribution in [3.05, 3.63) is 0 Å². The Balaban J connectivity index is 1.76. The molecular weight excluding hydrogens is 220 g/mol. The van der Waals surface area contributed by atoms with Crippen LogP contribution in [0.15, 0.2) is 0 Å². The first-order valence-electron chi connectivity index (χ1n) is 8.04. The molecule has 3 aliphatic rings. The summed E-state index contributed by atoms with van der Waals surface area (Å²) in [4.78, 5) is 2.86. The van der Waals surface area contributed by atoms with E-state index in [9.17, 15) is 0 Å². The number of piperazine rings is 1. The third kappa shape index (κ3) is 2.22. The van der Waals surface area contributed by atoms with Gasteiger partial charge in [0, 0.05) is 30.7 Å². The molecule has 2 heteroatoms. The summed E-state index contributed by atoms with van der Waals surface area (Å²) in [6, 6.07) is 0. The van der Waals surface area contributed by atoms with E-state index in [2.05, 4.69) is 31.0 Å². The largest absolute Gasteiger partial charge is 0.308 e. The standard InChI is InChI=1S/C16H30N2/c1-13(2)10-18-12-16(8-4-5-9-16)17-11-15(18,3)14-6-7-14/h13-14,17H,4-12H2,1-3H3. The van der Waals surface area contributed by atoms with Gasteiger partial charge in [0.15, 0.2) is 0 Å². The third-order valence-corrected chi connectivity index (χ3v) is 5.64. The molecule has 1 aliphatic heterocycles. The summed E-state index contributed by atoms with van der Waals surface area (Å²) in [5.41, 5.74) is 0.918. The van der Waals surface area contributed by atoms with Crippen LogP contribution in [0.2, 0.25) is 0 Å². The van der Waals surface area contributed by atoms with Gasteiger partial charge in [-0.15, -0.1) is 0 Å². The van der Waals surface area contributed by atoms with E-state index in [-0.39, 0.29) is 0 Å². The van der Waals surface area contributed by atoms with E-state index in [0.29, 0.717) is 11.1 Å². The molecule has 0 aromatic heterocycles. The molecule has 0 aromatic carbocycles. The van der Waals surface area contributed by atoms with Crippen molar-refractivity contribution in [3.8, 4) is 0 Å². The van der Waals surface area contributed by atoms with E-state index in [0.717, 1.165) is 11.8 Å². The van der Waals surface area contributed by atoms with Crippen molar-refractivity contribution >= 4 is 0 Å². The van der Waals surface area contributed by atoms with Crippen LogP contribution < -0.4 is 5.32 Å². The lowest BCUT2D eigenvalue weighted by Crippen LogP contribution is -2.69. The number of nitrogens with zero attached hydrogens (tertiary/aromatic N) is 1. The predicted octanol–water partition coefficient (Wildman–Crippen LogP) is 3.03. The molecule has 0 amide bonds. The van der Waals surface area contributed by atoms with E-state index in [4.69, 9.17) is 0 Å². The lowest BCUT2D eigenvalue weighted by atomic mass is 9.83. The summed E-state index contributed by atoms with van der Waals surface area (Å²) in [5, 5.41) is 3.97. The van der Waals surface area contributed by atoms with Crippen LogP contribution in [0.25, 0.3) is 0 Å². The van der Waals surface area contributed by atoms with Crippen LogP contribution in [-0.4, -0.2) is 35.6 Å². The number of hydrogen-bond donors (Lipinski definition) is 1. The van der Waals surface area contributed by atoms with Crippen LogP contribution in [-0.2, 0) is 0 Å². The minimum Gasteiger partial charge on any atom is -0.308 e. The van der Waals surface area contributed by atoms with Gasteiger partial charge >= 0.3 is 0 Å². The fourth-order valence-corrected chi connectivity index (χ4v) is 4.29. The molecule has 0 aromatic rings. The molecule has 1 atom stereocenters. The first kappa shape index (κ1) is 12.9. The monoisotopic (exact) mass is 250 g/mol. The highest BCUT2D eigenvalue weighted by Crippen LogP contribution is 2.46. The molecule has 1 unspecified atom stereocenters. The minimum atomic E-state index is 0.443. The lowest BCUT2D eigenvalue weighted by molar-refractivity contribution is -0.00504. The molecule has 0 radical (unpaired) electrons. The summed E-state index contributed by atoms with van der Waals surface area (Å²) in [7, 11) is 0. The lowest BCUT2D eigenvalue weighted by Gasteiger charge is -2.53. The zero-order valence-corrected chi connectivity index (χ0v) is 12.5. The van der Waals surface area contributed by atoms with Crippen molar-refractivity contribution in [2.45, 2.75) is 70.4 Å². The first-order valence-corrected chi connectivity index (χ1v) is 8.04. The Labute approximate surface area is 113 Å². The Morgan fingerprint density at radius 3 is 2.44 bits per heavy atom. The molecule has 1 N–H and O–H groups in total. The number of nitrogens with one attached hydrogen (secondary N) is 1. The zero-order chi connectivity index (χ0) is 12.8. The minimum absolute atomic E-state index is 0.443. The second kappa shape index (κ2) is 4.49. The van der Waals surface area contributed by atoms with Gasteiger partial charge in [-0.2, -0.15) is 0 Å². The molecular formula is C16H30N2. The molecule has 18 heavy (non-hydrogen) atoms. The Bertz CT molecular complexity index is 302.